The molecule has 0 spiro atoms. The number of hydrogen-bond donors (Lipinski definition) is 1. The van der Waals surface area contributed by atoms with E-state index in [4.69, 9.17) is 46.4 Å². The summed E-state index contributed by atoms with van der Waals surface area (Å²) < 4.78 is 0. The van der Waals surface area contributed by atoms with Crippen LogP contribution in [0.15, 0.2) is 36.4 Å². The Labute approximate surface area is 148 Å². The van der Waals surface area contributed by atoms with E-state index in [0.29, 0.717) is 20.1 Å². The molecule has 0 bridgehead atoms. The maximum atomic E-state index is 6.31. The van der Waals surface area contributed by atoms with Crippen LogP contribution in [-0.4, -0.2) is 9.97 Å². The molecule has 0 aliphatic carbocycles. The number of nitrogens with zero attached hydrogens (tertiary/aromatic N) is 1. The maximum absolute atomic E-state index is 6.31. The zero-order valence-electron chi connectivity index (χ0n) is 11.4. The molecule has 1 aromatic heterocycles. The third-order valence-corrected chi connectivity index (χ3v) is 4.30. The van der Waals surface area contributed by atoms with Gasteiger partial charge in [0.05, 0.1) is 21.4 Å². The number of aryl methyl sites for hydroxylation is 1. The quantitative estimate of drug-likeness (QED) is 0.535. The van der Waals surface area contributed by atoms with Crippen molar-refractivity contribution >= 4 is 46.4 Å². The van der Waals surface area contributed by atoms with Gasteiger partial charge in [-0.05, 0) is 43.3 Å². The Morgan fingerprint density at radius 3 is 1.91 bits per heavy atom. The predicted octanol–water partition coefficient (Wildman–Crippen LogP) is 6.67. The monoisotopic (exact) mass is 370 g/mol. The summed E-state index contributed by atoms with van der Waals surface area (Å²) >= 11 is 24.5. The zero-order chi connectivity index (χ0) is 15.9. The van der Waals surface area contributed by atoms with Crippen molar-refractivity contribution in [3.8, 4) is 22.5 Å². The van der Waals surface area contributed by atoms with Gasteiger partial charge in [-0.25, -0.2) is 4.98 Å². The van der Waals surface area contributed by atoms with Gasteiger partial charge in [-0.3, -0.25) is 0 Å². The molecule has 3 rings (SSSR count). The molecule has 112 valence electrons. The minimum Gasteiger partial charge on any atom is -0.342 e. The van der Waals surface area contributed by atoms with Gasteiger partial charge in [0.2, 0.25) is 0 Å². The van der Waals surface area contributed by atoms with E-state index in [1.165, 1.54) is 0 Å². The zero-order valence-corrected chi connectivity index (χ0v) is 14.4. The molecule has 0 radical (unpaired) electrons. The maximum Gasteiger partial charge on any atom is 0.104 e. The van der Waals surface area contributed by atoms with Crippen LogP contribution in [0.5, 0.6) is 0 Å². The number of imidazole rings is 1. The molecule has 6 heteroatoms. The van der Waals surface area contributed by atoms with Crippen molar-refractivity contribution in [1.82, 2.24) is 9.97 Å². The third kappa shape index (κ3) is 2.97. The molecule has 0 unspecified atom stereocenters. The molecular weight excluding hydrogens is 362 g/mol. The Hall–Kier alpha value is -1.19. The molecule has 1 N–H and O–H groups in total. The summed E-state index contributed by atoms with van der Waals surface area (Å²) in [5.41, 5.74) is 3.12. The molecule has 0 aliphatic rings. The molecule has 0 amide bonds. The smallest absolute Gasteiger partial charge is 0.104 e. The van der Waals surface area contributed by atoms with Crippen LogP contribution in [0.2, 0.25) is 20.1 Å². The summed E-state index contributed by atoms with van der Waals surface area (Å²) in [7, 11) is 0. The van der Waals surface area contributed by atoms with Crippen LogP contribution in [0.25, 0.3) is 22.5 Å². The fraction of sp³-hybridized carbons (Fsp3) is 0.0625. The third-order valence-electron chi connectivity index (χ3n) is 3.21. The van der Waals surface area contributed by atoms with Gasteiger partial charge < -0.3 is 4.98 Å². The van der Waals surface area contributed by atoms with Gasteiger partial charge in [0.1, 0.15) is 5.82 Å². The lowest BCUT2D eigenvalue weighted by atomic mass is 10.0. The van der Waals surface area contributed by atoms with Crippen LogP contribution in [0, 0.1) is 6.92 Å². The number of benzene rings is 2. The molecule has 2 aromatic carbocycles. The summed E-state index contributed by atoms with van der Waals surface area (Å²) in [4.78, 5) is 7.77. The van der Waals surface area contributed by atoms with E-state index in [9.17, 15) is 0 Å². The number of rotatable bonds is 2. The standard InChI is InChI=1S/C16H10Cl4N2/c1-8-21-15(11-4-2-9(17)6-13(11)19)16(22-8)12-5-3-10(18)7-14(12)20/h2-7H,1H3,(H,21,22). The number of halogens is 4. The van der Waals surface area contributed by atoms with Crippen LogP contribution in [0.1, 0.15) is 5.82 Å². The number of nitrogens with one attached hydrogen (secondary N) is 1. The summed E-state index contributed by atoms with van der Waals surface area (Å²) in [5.74, 6) is 0.766. The first-order valence-corrected chi connectivity index (χ1v) is 7.94. The molecule has 0 fully saturated rings. The Balaban J connectivity index is 2.22. The molecule has 0 saturated carbocycles. The topological polar surface area (TPSA) is 28.7 Å². The van der Waals surface area contributed by atoms with Crippen LogP contribution >= 0.6 is 46.4 Å². The fourth-order valence-corrected chi connectivity index (χ4v) is 3.26. The molecule has 22 heavy (non-hydrogen) atoms. The van der Waals surface area contributed by atoms with Crippen molar-refractivity contribution < 1.29 is 0 Å². The van der Waals surface area contributed by atoms with Crippen LogP contribution in [0.4, 0.5) is 0 Å². The predicted molar refractivity (Wildman–Crippen MR) is 94.2 cm³/mol. The van der Waals surface area contributed by atoms with Gasteiger partial charge in [-0.15, -0.1) is 0 Å². The summed E-state index contributed by atoms with van der Waals surface area (Å²) in [6.45, 7) is 1.88. The normalized spacial score (nSPS) is 11.0. The van der Waals surface area contributed by atoms with Gasteiger partial charge in [0.25, 0.3) is 0 Å². The molecule has 1 heterocycles. The first-order valence-electron chi connectivity index (χ1n) is 6.43. The average Bonchev–Trinajstić information content (AvgIpc) is 2.80. The molecular formula is C16H10Cl4N2. The number of aromatic amines is 1. The highest BCUT2D eigenvalue weighted by Crippen LogP contribution is 2.38. The fourth-order valence-electron chi connectivity index (χ4n) is 2.26. The van der Waals surface area contributed by atoms with Crippen molar-refractivity contribution in [3.63, 3.8) is 0 Å². The molecule has 2 nitrogen and oxygen atoms in total. The molecule has 0 atom stereocenters. The largest absolute Gasteiger partial charge is 0.342 e. The van der Waals surface area contributed by atoms with Crippen LogP contribution < -0.4 is 0 Å². The second kappa shape index (κ2) is 6.13. The molecule has 3 aromatic rings. The Morgan fingerprint density at radius 1 is 0.818 bits per heavy atom. The van der Waals surface area contributed by atoms with Crippen molar-refractivity contribution in [2.45, 2.75) is 6.92 Å². The first kappa shape index (κ1) is 15.7. The lowest BCUT2D eigenvalue weighted by Crippen LogP contribution is -1.86. The number of aromatic nitrogens is 2. The van der Waals surface area contributed by atoms with Crippen molar-refractivity contribution in [2.75, 3.05) is 0 Å². The summed E-state index contributed by atoms with van der Waals surface area (Å²) in [5, 5.41) is 2.23. The Kier molecular flexibility index (Phi) is 4.37. The number of H-pyrrole nitrogens is 1. The van der Waals surface area contributed by atoms with E-state index in [1.54, 1.807) is 24.3 Å². The van der Waals surface area contributed by atoms with E-state index in [2.05, 4.69) is 9.97 Å². The highest BCUT2D eigenvalue weighted by Gasteiger charge is 2.17. The molecule has 0 saturated heterocycles. The van der Waals surface area contributed by atoms with Gasteiger partial charge in [-0.1, -0.05) is 46.4 Å². The van der Waals surface area contributed by atoms with Gasteiger partial charge in [0.15, 0.2) is 0 Å². The van der Waals surface area contributed by atoms with Crippen molar-refractivity contribution in [3.05, 3.63) is 62.3 Å². The van der Waals surface area contributed by atoms with E-state index in [-0.39, 0.29) is 0 Å². The minimum absolute atomic E-state index is 0.533. The summed E-state index contributed by atoms with van der Waals surface area (Å²) in [6, 6.07) is 10.6. The van der Waals surface area contributed by atoms with Gasteiger partial charge in [0, 0.05) is 21.2 Å². The van der Waals surface area contributed by atoms with E-state index in [1.807, 2.05) is 19.1 Å². The minimum atomic E-state index is 0.533. The van der Waals surface area contributed by atoms with Crippen molar-refractivity contribution in [2.24, 2.45) is 0 Å². The van der Waals surface area contributed by atoms with Crippen LogP contribution in [0.3, 0.4) is 0 Å². The van der Waals surface area contributed by atoms with E-state index < -0.39 is 0 Å². The Morgan fingerprint density at radius 2 is 1.36 bits per heavy atom. The second-order valence-corrected chi connectivity index (χ2v) is 6.48. The SMILES string of the molecule is Cc1nc(-c2ccc(Cl)cc2Cl)c(-c2ccc(Cl)cc2Cl)[nH]1. The number of hydrogen-bond acceptors (Lipinski definition) is 1. The van der Waals surface area contributed by atoms with E-state index >= 15 is 0 Å². The van der Waals surface area contributed by atoms with Crippen molar-refractivity contribution in [1.29, 1.82) is 0 Å². The summed E-state index contributed by atoms with van der Waals surface area (Å²) in [6.07, 6.45) is 0. The highest BCUT2D eigenvalue weighted by molar-refractivity contribution is 6.37. The van der Waals surface area contributed by atoms with Gasteiger partial charge >= 0.3 is 0 Å². The highest BCUT2D eigenvalue weighted by atomic mass is 35.5. The van der Waals surface area contributed by atoms with E-state index in [0.717, 1.165) is 28.3 Å². The first-order chi connectivity index (χ1) is 10.5. The van der Waals surface area contributed by atoms with Gasteiger partial charge in [-0.2, -0.15) is 0 Å². The second-order valence-electron chi connectivity index (χ2n) is 4.79. The lowest BCUT2D eigenvalue weighted by molar-refractivity contribution is 1.15. The molecule has 0 aliphatic heterocycles. The average molecular weight is 372 g/mol. The van der Waals surface area contributed by atoms with Crippen LogP contribution in [-0.2, 0) is 0 Å². The lowest BCUT2D eigenvalue weighted by Gasteiger charge is -2.07. The Bertz CT molecular complexity index is 786.